The highest BCUT2D eigenvalue weighted by molar-refractivity contribution is 5.78. The van der Waals surface area contributed by atoms with E-state index in [4.69, 9.17) is 4.74 Å². The topological polar surface area (TPSA) is 66.1 Å². The predicted molar refractivity (Wildman–Crippen MR) is 103 cm³/mol. The van der Waals surface area contributed by atoms with E-state index >= 15 is 0 Å². The third-order valence-electron chi connectivity index (χ3n) is 7.28. The van der Waals surface area contributed by atoms with E-state index in [1.54, 1.807) is 12.3 Å². The summed E-state index contributed by atoms with van der Waals surface area (Å²) in [6.45, 7) is 2.06. The Morgan fingerprint density at radius 3 is 2.61 bits per heavy atom. The summed E-state index contributed by atoms with van der Waals surface area (Å²) in [5.41, 5.74) is 2.34. The lowest BCUT2D eigenvalue weighted by Crippen LogP contribution is -2.57. The number of aromatic nitrogens is 2. The zero-order valence-electron chi connectivity index (χ0n) is 16.3. The molecule has 2 unspecified atom stereocenters. The van der Waals surface area contributed by atoms with Crippen LogP contribution >= 0.6 is 0 Å². The van der Waals surface area contributed by atoms with Gasteiger partial charge in [0, 0.05) is 6.07 Å². The summed E-state index contributed by atoms with van der Waals surface area (Å²) in [5.74, 6) is 1.28. The van der Waals surface area contributed by atoms with Crippen molar-refractivity contribution >= 4 is 5.97 Å². The van der Waals surface area contributed by atoms with Crippen molar-refractivity contribution in [3.05, 3.63) is 64.9 Å². The molecule has 2 atom stereocenters. The Morgan fingerprint density at radius 2 is 1.93 bits per heavy atom. The second-order valence-corrected chi connectivity index (χ2v) is 9.33. The summed E-state index contributed by atoms with van der Waals surface area (Å²) in [6.07, 6.45) is 9.26. The largest absolute Gasteiger partial charge is 0.711 e. The molecule has 4 saturated carbocycles. The van der Waals surface area contributed by atoms with Gasteiger partial charge in [-0.25, -0.2) is 4.73 Å². The maximum Gasteiger partial charge on any atom is 0.339 e. The Kier molecular flexibility index (Phi) is 3.97. The predicted octanol–water partition coefficient (Wildman–Crippen LogP) is 3.60. The Hall–Kier alpha value is -2.43. The zero-order chi connectivity index (χ0) is 19.4. The third-order valence-corrected chi connectivity index (χ3v) is 7.28. The van der Waals surface area contributed by atoms with Crippen molar-refractivity contribution in [3.63, 3.8) is 0 Å². The number of carbonyl (C=O) groups is 1. The van der Waals surface area contributed by atoms with E-state index < -0.39 is 5.41 Å². The monoisotopic (exact) mass is 378 g/mol. The van der Waals surface area contributed by atoms with Crippen LogP contribution in [0.2, 0.25) is 0 Å². The fourth-order valence-electron chi connectivity index (χ4n) is 6.52. The Balaban J connectivity index is 1.41. The first-order chi connectivity index (χ1) is 13.5. The van der Waals surface area contributed by atoms with E-state index in [2.05, 4.69) is 36.2 Å². The van der Waals surface area contributed by atoms with Crippen LogP contribution in [0.4, 0.5) is 0 Å². The summed E-state index contributed by atoms with van der Waals surface area (Å²) in [4.78, 5) is 17.3. The van der Waals surface area contributed by atoms with Gasteiger partial charge in [0.1, 0.15) is 6.20 Å². The molecule has 1 heterocycles. The van der Waals surface area contributed by atoms with Crippen LogP contribution in [0.15, 0.2) is 42.7 Å². The molecule has 1 aromatic carbocycles. The van der Waals surface area contributed by atoms with Crippen molar-refractivity contribution < 1.29 is 14.3 Å². The van der Waals surface area contributed by atoms with Crippen molar-refractivity contribution in [1.82, 2.24) is 4.98 Å². The summed E-state index contributed by atoms with van der Waals surface area (Å²) in [7, 11) is 0. The van der Waals surface area contributed by atoms with Crippen LogP contribution in [0.5, 0.6) is 0 Å². The summed E-state index contributed by atoms with van der Waals surface area (Å²) >= 11 is 0. The summed E-state index contributed by atoms with van der Waals surface area (Å²) < 4.78 is 6.34. The molecule has 5 nitrogen and oxygen atoms in total. The molecule has 4 aliphatic rings. The molecule has 0 radical (unpaired) electrons. The van der Waals surface area contributed by atoms with Gasteiger partial charge in [0.05, 0.1) is 11.6 Å². The van der Waals surface area contributed by atoms with Crippen LogP contribution in [-0.2, 0) is 21.6 Å². The SMILES string of the molecule is Cc1ccc(C23CC4CC(CC(C(=O)OCc5nccc[n+]5[O-])(C4)C2)C3)cc1. The molecule has 4 bridgehead atoms. The van der Waals surface area contributed by atoms with Gasteiger partial charge in [-0.2, -0.15) is 0 Å². The van der Waals surface area contributed by atoms with E-state index in [-0.39, 0.29) is 23.8 Å². The Bertz CT molecular complexity index is 894. The maximum absolute atomic E-state index is 13.2. The molecule has 5 heteroatoms. The lowest BCUT2D eigenvalue weighted by molar-refractivity contribution is -0.620. The molecule has 1 aromatic heterocycles. The minimum absolute atomic E-state index is 0.0577. The third kappa shape index (κ3) is 2.79. The highest BCUT2D eigenvalue weighted by Gasteiger charge is 2.61. The van der Waals surface area contributed by atoms with Crippen molar-refractivity contribution in [2.75, 3.05) is 0 Å². The average Bonchev–Trinajstić information content (AvgIpc) is 2.66. The van der Waals surface area contributed by atoms with Crippen molar-refractivity contribution in [3.8, 4) is 0 Å². The number of hydrogen-bond donors (Lipinski definition) is 0. The normalized spacial score (nSPS) is 33.0. The highest BCUT2D eigenvalue weighted by atomic mass is 16.5. The molecule has 4 fully saturated rings. The fourth-order valence-corrected chi connectivity index (χ4v) is 6.52. The van der Waals surface area contributed by atoms with E-state index in [0.29, 0.717) is 16.6 Å². The van der Waals surface area contributed by atoms with Gasteiger partial charge in [-0.1, -0.05) is 29.8 Å². The number of esters is 1. The number of hydrogen-bond acceptors (Lipinski definition) is 4. The molecule has 2 aromatic rings. The average molecular weight is 378 g/mol. The molecular formula is C23H26N2O3. The van der Waals surface area contributed by atoms with E-state index in [0.717, 1.165) is 19.3 Å². The molecule has 4 aliphatic carbocycles. The maximum atomic E-state index is 13.2. The van der Waals surface area contributed by atoms with Gasteiger partial charge in [-0.3, -0.25) is 4.79 Å². The van der Waals surface area contributed by atoms with Gasteiger partial charge < -0.3 is 9.94 Å². The van der Waals surface area contributed by atoms with Crippen LogP contribution in [-0.4, -0.2) is 11.0 Å². The van der Waals surface area contributed by atoms with Gasteiger partial charge in [0.15, 0.2) is 6.61 Å². The number of ether oxygens (including phenoxy) is 1. The van der Waals surface area contributed by atoms with E-state index in [9.17, 15) is 10.0 Å². The van der Waals surface area contributed by atoms with Crippen LogP contribution in [0, 0.1) is 29.4 Å². The van der Waals surface area contributed by atoms with E-state index in [1.807, 2.05) is 0 Å². The highest BCUT2D eigenvalue weighted by Crippen LogP contribution is 2.66. The van der Waals surface area contributed by atoms with Crippen LogP contribution in [0.1, 0.15) is 55.5 Å². The van der Waals surface area contributed by atoms with Gasteiger partial charge in [0.25, 0.3) is 0 Å². The number of benzene rings is 1. The molecule has 0 saturated heterocycles. The zero-order valence-corrected chi connectivity index (χ0v) is 16.3. The standard InChI is InChI=1S/C23H26N2O3/c1-16-3-5-19(6-4-16)22-10-17-9-18(11-22)13-23(12-17,15-22)21(26)28-14-20-24-7-2-8-25(20)27/h2-8,17-18H,9-15H2,1H3. The van der Waals surface area contributed by atoms with Crippen molar-refractivity contribution in [2.45, 2.75) is 57.5 Å². The summed E-state index contributed by atoms with van der Waals surface area (Å²) in [6, 6.07) is 10.5. The second kappa shape index (κ2) is 6.29. The van der Waals surface area contributed by atoms with E-state index in [1.165, 1.54) is 36.6 Å². The second-order valence-electron chi connectivity index (χ2n) is 9.33. The number of aryl methyl sites for hydroxylation is 1. The van der Waals surface area contributed by atoms with Crippen molar-refractivity contribution in [1.29, 1.82) is 0 Å². The Labute approximate surface area is 165 Å². The number of carbonyl (C=O) groups excluding carboxylic acids is 1. The molecule has 0 N–H and O–H groups in total. The minimum Gasteiger partial charge on any atom is -0.711 e. The molecule has 6 rings (SSSR count). The van der Waals surface area contributed by atoms with Gasteiger partial charge >= 0.3 is 11.8 Å². The number of nitrogens with zero attached hydrogens (tertiary/aromatic N) is 2. The Morgan fingerprint density at radius 1 is 1.21 bits per heavy atom. The molecule has 146 valence electrons. The quantitative estimate of drug-likeness (QED) is 0.463. The minimum atomic E-state index is -0.405. The lowest BCUT2D eigenvalue weighted by atomic mass is 9.43. The van der Waals surface area contributed by atoms with Crippen molar-refractivity contribution in [2.24, 2.45) is 17.3 Å². The first-order valence-corrected chi connectivity index (χ1v) is 10.3. The van der Waals surface area contributed by atoms with Crippen LogP contribution < -0.4 is 4.73 Å². The van der Waals surface area contributed by atoms with Gasteiger partial charge in [-0.15, -0.1) is 0 Å². The molecule has 28 heavy (non-hydrogen) atoms. The molecule has 0 aliphatic heterocycles. The van der Waals surface area contributed by atoms with Crippen LogP contribution in [0.25, 0.3) is 0 Å². The lowest BCUT2D eigenvalue weighted by Gasteiger charge is -2.61. The first kappa shape index (κ1) is 17.7. The van der Waals surface area contributed by atoms with Gasteiger partial charge in [-0.05, 0) is 73.2 Å². The molecule has 0 amide bonds. The smallest absolute Gasteiger partial charge is 0.339 e. The first-order valence-electron chi connectivity index (χ1n) is 10.3. The molecular weight excluding hydrogens is 352 g/mol. The molecule has 0 spiro atoms. The fraction of sp³-hybridized carbons (Fsp3) is 0.522. The van der Waals surface area contributed by atoms with Crippen LogP contribution in [0.3, 0.4) is 0 Å². The summed E-state index contributed by atoms with van der Waals surface area (Å²) in [5, 5.41) is 11.8. The number of rotatable bonds is 4. The van der Waals surface area contributed by atoms with Gasteiger partial charge in [0.2, 0.25) is 0 Å².